The van der Waals surface area contributed by atoms with Gasteiger partial charge in [-0.1, -0.05) is 0 Å². The summed E-state index contributed by atoms with van der Waals surface area (Å²) in [4.78, 5) is 28.8. The first-order valence-electron chi connectivity index (χ1n) is 8.34. The number of amides is 1. The van der Waals surface area contributed by atoms with Crippen LogP contribution >= 0.6 is 11.8 Å². The van der Waals surface area contributed by atoms with Gasteiger partial charge >= 0.3 is 5.97 Å². The molecule has 1 aromatic carbocycles. The van der Waals surface area contributed by atoms with Crippen molar-refractivity contribution in [2.45, 2.75) is 23.8 Å². The molecule has 0 aliphatic heterocycles. The van der Waals surface area contributed by atoms with Crippen molar-refractivity contribution < 1.29 is 23.1 Å². The maximum atomic E-state index is 13.6. The number of halogens is 2. The van der Waals surface area contributed by atoms with E-state index in [1.54, 1.807) is 6.26 Å². The van der Waals surface area contributed by atoms with Crippen LogP contribution in [-0.4, -0.2) is 29.7 Å². The Balaban J connectivity index is 1.72. The lowest BCUT2D eigenvalue weighted by atomic mass is 10.1. The van der Waals surface area contributed by atoms with Crippen molar-refractivity contribution in [2.24, 2.45) is 0 Å². The number of hydrogen-bond acceptors (Lipinski definition) is 6. The van der Waals surface area contributed by atoms with Gasteiger partial charge in [0.2, 0.25) is 0 Å². The minimum atomic E-state index is -0.856. The normalized spacial score (nSPS) is 12.9. The molecular weight excluding hydrogens is 388 g/mol. The third kappa shape index (κ3) is 4.46. The first-order chi connectivity index (χ1) is 13.4. The third-order valence-corrected chi connectivity index (χ3v) is 4.75. The number of carbonyl (C=O) groups is 2. The summed E-state index contributed by atoms with van der Waals surface area (Å²) in [7, 11) is 0. The molecule has 1 aliphatic rings. The van der Waals surface area contributed by atoms with E-state index in [1.165, 1.54) is 17.8 Å². The topological polar surface area (TPSA) is 92.1 Å². The van der Waals surface area contributed by atoms with Crippen molar-refractivity contribution in [1.82, 2.24) is 4.98 Å². The molecule has 1 N–H and O–H groups in total. The molecule has 0 spiro atoms. The van der Waals surface area contributed by atoms with Gasteiger partial charge < -0.3 is 10.1 Å². The summed E-state index contributed by atoms with van der Waals surface area (Å²) >= 11 is 1.24. The van der Waals surface area contributed by atoms with E-state index >= 15 is 0 Å². The molecule has 6 nitrogen and oxygen atoms in total. The second-order valence-electron chi connectivity index (χ2n) is 6.11. The lowest BCUT2D eigenvalue weighted by Gasteiger charge is -2.11. The van der Waals surface area contributed by atoms with E-state index in [4.69, 9.17) is 4.74 Å². The van der Waals surface area contributed by atoms with Crippen LogP contribution in [0.3, 0.4) is 0 Å². The van der Waals surface area contributed by atoms with Crippen LogP contribution in [0.4, 0.5) is 14.5 Å². The number of benzene rings is 1. The SMILES string of the molecule is CSc1nc(C2CC2)cc(C(=O)OCC(=O)Nc2cc(F)ccc2F)c1C#N. The summed E-state index contributed by atoms with van der Waals surface area (Å²) in [6, 6.07) is 6.07. The fourth-order valence-corrected chi connectivity index (χ4v) is 3.09. The Labute approximate surface area is 163 Å². The van der Waals surface area contributed by atoms with E-state index in [2.05, 4.69) is 10.3 Å². The van der Waals surface area contributed by atoms with Gasteiger partial charge in [-0.2, -0.15) is 5.26 Å². The molecule has 1 fully saturated rings. The van der Waals surface area contributed by atoms with Gasteiger partial charge in [-0.3, -0.25) is 4.79 Å². The van der Waals surface area contributed by atoms with Crippen LogP contribution in [0.1, 0.15) is 40.4 Å². The second-order valence-corrected chi connectivity index (χ2v) is 6.91. The molecule has 1 amide bonds. The Morgan fingerprint density at radius 1 is 1.36 bits per heavy atom. The summed E-state index contributed by atoms with van der Waals surface area (Å²) in [6.07, 6.45) is 3.67. The molecule has 28 heavy (non-hydrogen) atoms. The zero-order chi connectivity index (χ0) is 20.3. The van der Waals surface area contributed by atoms with Crippen LogP contribution < -0.4 is 5.32 Å². The van der Waals surface area contributed by atoms with Crippen LogP contribution in [0.2, 0.25) is 0 Å². The summed E-state index contributed by atoms with van der Waals surface area (Å²) in [5.74, 6) is -2.98. The molecule has 1 aromatic heterocycles. The Hall–Kier alpha value is -2.99. The van der Waals surface area contributed by atoms with Gasteiger partial charge in [0.15, 0.2) is 6.61 Å². The Morgan fingerprint density at radius 2 is 2.11 bits per heavy atom. The van der Waals surface area contributed by atoms with Crippen molar-refractivity contribution >= 4 is 29.3 Å². The quantitative estimate of drug-likeness (QED) is 0.585. The van der Waals surface area contributed by atoms with Gasteiger partial charge in [-0.25, -0.2) is 18.6 Å². The van der Waals surface area contributed by atoms with E-state index < -0.39 is 30.1 Å². The van der Waals surface area contributed by atoms with Gasteiger partial charge in [0.05, 0.1) is 16.8 Å². The molecule has 1 aliphatic carbocycles. The number of rotatable bonds is 6. The van der Waals surface area contributed by atoms with Crippen molar-refractivity contribution in [2.75, 3.05) is 18.2 Å². The van der Waals surface area contributed by atoms with E-state index in [0.29, 0.717) is 10.7 Å². The highest BCUT2D eigenvalue weighted by Gasteiger charge is 2.29. The number of carbonyl (C=O) groups excluding carboxylic acids is 2. The van der Waals surface area contributed by atoms with Crippen molar-refractivity contribution in [3.8, 4) is 6.07 Å². The van der Waals surface area contributed by atoms with Crippen LogP contribution in [0, 0.1) is 23.0 Å². The average molecular weight is 403 g/mol. The molecule has 2 aromatic rings. The lowest BCUT2D eigenvalue weighted by molar-refractivity contribution is -0.119. The molecule has 144 valence electrons. The van der Waals surface area contributed by atoms with Gasteiger partial charge in [0.1, 0.15) is 22.7 Å². The number of pyridine rings is 1. The van der Waals surface area contributed by atoms with Crippen molar-refractivity contribution in [3.05, 3.63) is 52.7 Å². The van der Waals surface area contributed by atoms with Gasteiger partial charge in [-0.15, -0.1) is 11.8 Å². The molecule has 0 radical (unpaired) electrons. The fraction of sp³-hybridized carbons (Fsp3) is 0.263. The Bertz CT molecular complexity index is 987. The van der Waals surface area contributed by atoms with E-state index in [0.717, 1.165) is 31.0 Å². The highest BCUT2D eigenvalue weighted by atomic mass is 32.2. The summed E-state index contributed by atoms with van der Waals surface area (Å²) < 4.78 is 31.7. The number of aromatic nitrogens is 1. The molecular formula is C19H15F2N3O3S. The van der Waals surface area contributed by atoms with E-state index in [-0.39, 0.29) is 22.7 Å². The van der Waals surface area contributed by atoms with E-state index in [1.807, 2.05) is 6.07 Å². The lowest BCUT2D eigenvalue weighted by Crippen LogP contribution is -2.22. The van der Waals surface area contributed by atoms with Crippen LogP contribution in [0.25, 0.3) is 0 Å². The summed E-state index contributed by atoms with van der Waals surface area (Å²) in [6.45, 7) is -0.713. The first kappa shape index (κ1) is 19.8. The molecule has 1 saturated carbocycles. The number of nitrogens with zero attached hydrogens (tertiary/aromatic N) is 2. The number of thioether (sulfide) groups is 1. The predicted molar refractivity (Wildman–Crippen MR) is 98.0 cm³/mol. The van der Waals surface area contributed by atoms with Gasteiger partial charge in [-0.05, 0) is 37.3 Å². The number of esters is 1. The standard InChI is InChI=1S/C19H15F2N3O3S/c1-28-18-13(8-22)12(7-15(24-18)10-2-3-10)19(26)27-9-17(25)23-16-6-11(20)4-5-14(16)21/h4-7,10H,2-3,9H2,1H3,(H,23,25). The average Bonchev–Trinajstić information content (AvgIpc) is 3.53. The van der Waals surface area contributed by atoms with Gasteiger partial charge in [0.25, 0.3) is 5.91 Å². The van der Waals surface area contributed by atoms with Crippen LogP contribution in [0.15, 0.2) is 29.3 Å². The fourth-order valence-electron chi connectivity index (χ4n) is 2.53. The number of ether oxygens (including phenoxy) is 1. The van der Waals surface area contributed by atoms with Crippen LogP contribution in [-0.2, 0) is 9.53 Å². The van der Waals surface area contributed by atoms with Gasteiger partial charge in [0, 0.05) is 17.7 Å². The molecule has 1 heterocycles. The minimum Gasteiger partial charge on any atom is -0.452 e. The van der Waals surface area contributed by atoms with E-state index in [9.17, 15) is 23.6 Å². The van der Waals surface area contributed by atoms with Crippen molar-refractivity contribution in [3.63, 3.8) is 0 Å². The third-order valence-electron chi connectivity index (χ3n) is 4.06. The number of nitriles is 1. The maximum Gasteiger partial charge on any atom is 0.340 e. The molecule has 0 atom stereocenters. The number of nitrogens with one attached hydrogen (secondary N) is 1. The number of anilines is 1. The molecule has 0 bridgehead atoms. The summed E-state index contributed by atoms with van der Waals surface area (Å²) in [5.41, 5.74) is 0.469. The van der Waals surface area contributed by atoms with Crippen molar-refractivity contribution in [1.29, 1.82) is 5.26 Å². The zero-order valence-corrected chi connectivity index (χ0v) is 15.6. The monoisotopic (exact) mass is 403 g/mol. The zero-order valence-electron chi connectivity index (χ0n) is 14.8. The molecule has 3 rings (SSSR count). The number of hydrogen-bond donors (Lipinski definition) is 1. The Morgan fingerprint density at radius 3 is 2.75 bits per heavy atom. The minimum absolute atomic E-state index is 0.0356. The predicted octanol–water partition coefficient (Wildman–Crippen LogP) is 3.63. The maximum absolute atomic E-state index is 13.6. The highest BCUT2D eigenvalue weighted by Crippen LogP contribution is 2.40. The molecule has 9 heteroatoms. The molecule has 0 saturated heterocycles. The highest BCUT2D eigenvalue weighted by molar-refractivity contribution is 7.98. The molecule has 0 unspecified atom stereocenters. The Kier molecular flexibility index (Phi) is 5.90. The first-order valence-corrected chi connectivity index (χ1v) is 9.56. The van der Waals surface area contributed by atoms with Crippen LogP contribution in [0.5, 0.6) is 0 Å². The summed E-state index contributed by atoms with van der Waals surface area (Å²) in [5, 5.41) is 11.9. The largest absolute Gasteiger partial charge is 0.452 e. The second kappa shape index (κ2) is 8.35. The smallest absolute Gasteiger partial charge is 0.340 e.